The van der Waals surface area contributed by atoms with Crippen molar-refractivity contribution in [3.05, 3.63) is 48.5 Å². The summed E-state index contributed by atoms with van der Waals surface area (Å²) >= 11 is 0. The molecule has 146 valence electrons. The Balaban J connectivity index is 1.60. The Morgan fingerprint density at radius 3 is 2.82 bits per heavy atom. The molecule has 0 bridgehead atoms. The number of imidazole rings is 1. The summed E-state index contributed by atoms with van der Waals surface area (Å²) in [7, 11) is 0. The molecule has 1 N–H and O–H groups in total. The minimum Gasteiger partial charge on any atom is -0.355 e. The molecular formula is C18H17F3N6O. The smallest absolute Gasteiger partial charge is 0.355 e. The van der Waals surface area contributed by atoms with Crippen molar-refractivity contribution in [1.29, 1.82) is 0 Å². The molecule has 4 heterocycles. The first-order chi connectivity index (χ1) is 13.4. The fraction of sp³-hybridized carbons (Fsp3) is 0.333. The lowest BCUT2D eigenvalue weighted by atomic mass is 9.97. The lowest BCUT2D eigenvalue weighted by Crippen LogP contribution is -2.42. The summed E-state index contributed by atoms with van der Waals surface area (Å²) in [6, 6.07) is 6.65. The molecule has 7 nitrogen and oxygen atoms in total. The molecule has 0 spiro atoms. The Hall–Kier alpha value is -3.17. The zero-order valence-electron chi connectivity index (χ0n) is 14.7. The molecule has 0 aliphatic carbocycles. The van der Waals surface area contributed by atoms with E-state index in [4.69, 9.17) is 0 Å². The minimum absolute atomic E-state index is 0.117. The number of amides is 1. The van der Waals surface area contributed by atoms with Crippen LogP contribution < -0.4 is 10.2 Å². The van der Waals surface area contributed by atoms with Crippen LogP contribution in [-0.2, 0) is 0 Å². The third-order valence-electron chi connectivity index (χ3n) is 4.71. The Labute approximate surface area is 158 Å². The molecule has 1 aliphatic heterocycles. The van der Waals surface area contributed by atoms with E-state index in [1.165, 1.54) is 16.9 Å². The van der Waals surface area contributed by atoms with Crippen molar-refractivity contribution >= 4 is 23.1 Å². The Bertz CT molecular complexity index is 988. The third-order valence-corrected chi connectivity index (χ3v) is 4.71. The molecule has 1 amide bonds. The van der Waals surface area contributed by atoms with E-state index in [0.29, 0.717) is 30.1 Å². The van der Waals surface area contributed by atoms with E-state index in [-0.39, 0.29) is 18.7 Å². The summed E-state index contributed by atoms with van der Waals surface area (Å²) in [6.45, 7) is 0.338. The quantitative estimate of drug-likeness (QED) is 0.744. The van der Waals surface area contributed by atoms with E-state index in [0.717, 1.165) is 0 Å². The van der Waals surface area contributed by atoms with Gasteiger partial charge in [-0.1, -0.05) is 0 Å². The zero-order chi connectivity index (χ0) is 19.7. The van der Waals surface area contributed by atoms with Crippen molar-refractivity contribution in [1.82, 2.24) is 19.6 Å². The second-order valence-corrected chi connectivity index (χ2v) is 6.63. The van der Waals surface area contributed by atoms with Gasteiger partial charge < -0.3 is 10.2 Å². The molecule has 10 heteroatoms. The molecule has 4 rings (SSSR count). The average Bonchev–Trinajstić information content (AvgIpc) is 3.11. The molecule has 1 saturated heterocycles. The SMILES string of the molecule is O=C(Nc1cccnc1)c1cnc2ccc(N3CCCC(C(F)(F)F)C3)nn12. The van der Waals surface area contributed by atoms with Crippen LogP contribution in [0.3, 0.4) is 0 Å². The van der Waals surface area contributed by atoms with Gasteiger partial charge in [0, 0.05) is 19.3 Å². The lowest BCUT2D eigenvalue weighted by molar-refractivity contribution is -0.176. The molecule has 28 heavy (non-hydrogen) atoms. The molecule has 0 saturated carbocycles. The molecule has 1 unspecified atom stereocenters. The summed E-state index contributed by atoms with van der Waals surface area (Å²) in [5.74, 6) is -1.43. The van der Waals surface area contributed by atoms with E-state index in [2.05, 4.69) is 20.4 Å². The van der Waals surface area contributed by atoms with Gasteiger partial charge in [0.15, 0.2) is 11.3 Å². The number of rotatable bonds is 3. The molecule has 3 aromatic heterocycles. The highest BCUT2D eigenvalue weighted by atomic mass is 19.4. The molecule has 0 aromatic carbocycles. The number of carbonyl (C=O) groups excluding carboxylic acids is 1. The number of hydrogen-bond acceptors (Lipinski definition) is 5. The lowest BCUT2D eigenvalue weighted by Gasteiger charge is -2.34. The predicted molar refractivity (Wildman–Crippen MR) is 96.2 cm³/mol. The first-order valence-electron chi connectivity index (χ1n) is 8.79. The van der Waals surface area contributed by atoms with E-state index >= 15 is 0 Å². The van der Waals surface area contributed by atoms with Gasteiger partial charge in [0.1, 0.15) is 5.82 Å². The number of nitrogens with one attached hydrogen (secondary N) is 1. The van der Waals surface area contributed by atoms with Crippen molar-refractivity contribution in [3.8, 4) is 0 Å². The monoisotopic (exact) mass is 390 g/mol. The van der Waals surface area contributed by atoms with Gasteiger partial charge in [-0.05, 0) is 37.1 Å². The number of halogens is 3. The van der Waals surface area contributed by atoms with Gasteiger partial charge in [-0.25, -0.2) is 9.50 Å². The topological polar surface area (TPSA) is 75.4 Å². The van der Waals surface area contributed by atoms with Crippen molar-refractivity contribution in [2.24, 2.45) is 5.92 Å². The van der Waals surface area contributed by atoms with Crippen LogP contribution in [0.15, 0.2) is 42.9 Å². The maximum Gasteiger partial charge on any atom is 0.393 e. The maximum absolute atomic E-state index is 13.1. The number of hydrogen-bond donors (Lipinski definition) is 1. The van der Waals surface area contributed by atoms with Gasteiger partial charge in [-0.2, -0.15) is 13.2 Å². The standard InChI is InChI=1S/C18H17F3N6O/c19-18(20,21)12-3-2-8-26(11-12)16-6-5-15-23-10-14(27(15)25-16)17(28)24-13-4-1-7-22-9-13/h1,4-7,9-10,12H,2-3,8,11H2,(H,24,28). The second-order valence-electron chi connectivity index (χ2n) is 6.63. The molecule has 3 aromatic rings. The van der Waals surface area contributed by atoms with Crippen LogP contribution in [0.25, 0.3) is 5.65 Å². The van der Waals surface area contributed by atoms with Crippen molar-refractivity contribution in [3.63, 3.8) is 0 Å². The van der Waals surface area contributed by atoms with Crippen LogP contribution >= 0.6 is 0 Å². The van der Waals surface area contributed by atoms with Crippen molar-refractivity contribution < 1.29 is 18.0 Å². The number of carbonyl (C=O) groups is 1. The van der Waals surface area contributed by atoms with E-state index in [1.807, 2.05) is 0 Å². The van der Waals surface area contributed by atoms with Gasteiger partial charge in [-0.15, -0.1) is 5.10 Å². The number of piperidine rings is 1. The number of anilines is 2. The van der Waals surface area contributed by atoms with Crippen LogP contribution in [0.1, 0.15) is 23.3 Å². The fourth-order valence-electron chi connectivity index (χ4n) is 3.27. The number of aromatic nitrogens is 4. The first kappa shape index (κ1) is 18.2. The van der Waals surface area contributed by atoms with Gasteiger partial charge in [0.05, 0.1) is 24.0 Å². The number of nitrogens with zero attached hydrogens (tertiary/aromatic N) is 5. The summed E-state index contributed by atoms with van der Waals surface area (Å²) in [4.78, 5) is 22.2. The highest BCUT2D eigenvalue weighted by Gasteiger charge is 2.42. The average molecular weight is 390 g/mol. The van der Waals surface area contributed by atoms with Gasteiger partial charge >= 0.3 is 6.18 Å². The summed E-state index contributed by atoms with van der Waals surface area (Å²) in [5.41, 5.74) is 1.14. The van der Waals surface area contributed by atoms with Crippen LogP contribution in [0, 0.1) is 5.92 Å². The van der Waals surface area contributed by atoms with E-state index in [9.17, 15) is 18.0 Å². The second kappa shape index (κ2) is 7.10. The van der Waals surface area contributed by atoms with Crippen LogP contribution in [-0.4, -0.2) is 44.8 Å². The van der Waals surface area contributed by atoms with Gasteiger partial charge in [0.2, 0.25) is 0 Å². The van der Waals surface area contributed by atoms with Crippen molar-refractivity contribution in [2.45, 2.75) is 19.0 Å². The highest BCUT2D eigenvalue weighted by Crippen LogP contribution is 2.34. The first-order valence-corrected chi connectivity index (χ1v) is 8.79. The highest BCUT2D eigenvalue weighted by molar-refractivity contribution is 6.03. The Kier molecular flexibility index (Phi) is 4.62. The largest absolute Gasteiger partial charge is 0.393 e. The van der Waals surface area contributed by atoms with Crippen molar-refractivity contribution in [2.75, 3.05) is 23.3 Å². The summed E-state index contributed by atoms with van der Waals surface area (Å²) in [5, 5.41) is 7.07. The molecule has 0 radical (unpaired) electrons. The number of alkyl halides is 3. The Morgan fingerprint density at radius 1 is 1.21 bits per heavy atom. The molecule has 1 aliphatic rings. The maximum atomic E-state index is 13.1. The minimum atomic E-state index is -4.23. The van der Waals surface area contributed by atoms with Crippen LogP contribution in [0.4, 0.5) is 24.7 Å². The van der Waals surface area contributed by atoms with Crippen LogP contribution in [0.2, 0.25) is 0 Å². The third kappa shape index (κ3) is 3.62. The summed E-state index contributed by atoms with van der Waals surface area (Å²) in [6.07, 6.45) is 0.795. The number of pyridine rings is 1. The van der Waals surface area contributed by atoms with Gasteiger partial charge in [-0.3, -0.25) is 9.78 Å². The normalized spacial score (nSPS) is 17.7. The Morgan fingerprint density at radius 2 is 2.07 bits per heavy atom. The fourth-order valence-corrected chi connectivity index (χ4v) is 3.27. The summed E-state index contributed by atoms with van der Waals surface area (Å²) < 4.78 is 40.6. The zero-order valence-corrected chi connectivity index (χ0v) is 14.7. The molecule has 1 atom stereocenters. The predicted octanol–water partition coefficient (Wildman–Crippen LogP) is 3.16. The van der Waals surface area contributed by atoms with E-state index in [1.54, 1.807) is 35.4 Å². The van der Waals surface area contributed by atoms with E-state index < -0.39 is 18.0 Å². The number of fused-ring (bicyclic) bond motifs is 1. The van der Waals surface area contributed by atoms with Crippen LogP contribution in [0.5, 0.6) is 0 Å². The van der Waals surface area contributed by atoms with Gasteiger partial charge in [0.25, 0.3) is 5.91 Å². The molecular weight excluding hydrogens is 373 g/mol. The molecule has 1 fully saturated rings.